The Kier molecular flexibility index (Phi) is 4.56. The highest BCUT2D eigenvalue weighted by molar-refractivity contribution is 6.00. The number of hydrogen-bond donors (Lipinski definition) is 0. The van der Waals surface area contributed by atoms with E-state index < -0.39 is 5.82 Å². The summed E-state index contributed by atoms with van der Waals surface area (Å²) in [4.78, 5) is 16.3. The van der Waals surface area contributed by atoms with Crippen LogP contribution >= 0.6 is 0 Å². The van der Waals surface area contributed by atoms with Gasteiger partial charge >= 0.3 is 0 Å². The highest BCUT2D eigenvalue weighted by atomic mass is 19.1. The van der Waals surface area contributed by atoms with Gasteiger partial charge in [-0.25, -0.2) is 4.39 Å². The summed E-state index contributed by atoms with van der Waals surface area (Å²) in [5.74, 6) is -0.656. The normalized spacial score (nSPS) is 14.8. The van der Waals surface area contributed by atoms with Gasteiger partial charge in [-0.2, -0.15) is 0 Å². The third kappa shape index (κ3) is 3.01. The number of aryl methyl sites for hydroxylation is 1. The second-order valence-electron chi connectivity index (χ2n) is 6.38. The number of anilines is 2. The molecule has 1 aliphatic heterocycles. The van der Waals surface area contributed by atoms with Gasteiger partial charge in [-0.3, -0.25) is 4.79 Å². The van der Waals surface area contributed by atoms with Gasteiger partial charge in [-0.1, -0.05) is 18.2 Å². The molecule has 1 saturated heterocycles. The molecule has 3 rings (SSSR count). The maximum Gasteiger partial charge on any atom is 0.164 e. The average molecular weight is 326 g/mol. The summed E-state index contributed by atoms with van der Waals surface area (Å²) in [6.45, 7) is 8.97. The van der Waals surface area contributed by atoms with E-state index in [4.69, 9.17) is 0 Å². The summed E-state index contributed by atoms with van der Waals surface area (Å²) < 4.78 is 14.0. The zero-order valence-corrected chi connectivity index (χ0v) is 14.5. The predicted octanol–water partition coefficient (Wildman–Crippen LogP) is 3.97. The van der Waals surface area contributed by atoms with Crippen molar-refractivity contribution in [3.8, 4) is 0 Å². The number of ketones is 1. The first-order valence-corrected chi connectivity index (χ1v) is 8.34. The molecule has 24 heavy (non-hydrogen) atoms. The van der Waals surface area contributed by atoms with Crippen molar-refractivity contribution >= 4 is 17.2 Å². The van der Waals surface area contributed by atoms with Crippen molar-refractivity contribution in [1.82, 2.24) is 0 Å². The molecule has 2 aromatic carbocycles. The van der Waals surface area contributed by atoms with E-state index >= 15 is 0 Å². The van der Waals surface area contributed by atoms with Crippen LogP contribution in [0.1, 0.15) is 28.4 Å². The topological polar surface area (TPSA) is 23.6 Å². The number of hydrogen-bond acceptors (Lipinski definition) is 3. The van der Waals surface area contributed by atoms with Crippen LogP contribution in [-0.4, -0.2) is 32.0 Å². The number of halogens is 1. The maximum atomic E-state index is 14.0. The molecular weight excluding hydrogens is 303 g/mol. The summed E-state index contributed by atoms with van der Waals surface area (Å²) in [5, 5.41) is 0. The van der Waals surface area contributed by atoms with Crippen molar-refractivity contribution in [3.05, 3.63) is 58.9 Å². The van der Waals surface area contributed by atoms with E-state index in [1.54, 1.807) is 6.07 Å². The smallest absolute Gasteiger partial charge is 0.164 e. The van der Waals surface area contributed by atoms with E-state index in [2.05, 4.69) is 41.8 Å². The molecule has 3 nitrogen and oxygen atoms in total. The third-order valence-corrected chi connectivity index (χ3v) is 4.88. The molecule has 0 unspecified atom stereocenters. The van der Waals surface area contributed by atoms with Crippen LogP contribution in [-0.2, 0) is 0 Å². The molecule has 0 aliphatic carbocycles. The molecule has 0 saturated carbocycles. The first kappa shape index (κ1) is 16.5. The van der Waals surface area contributed by atoms with Crippen LogP contribution in [0.3, 0.4) is 0 Å². The van der Waals surface area contributed by atoms with E-state index in [-0.39, 0.29) is 11.3 Å². The van der Waals surface area contributed by atoms with Crippen molar-refractivity contribution in [1.29, 1.82) is 0 Å². The van der Waals surface area contributed by atoms with Gasteiger partial charge in [-0.05, 0) is 50.1 Å². The van der Waals surface area contributed by atoms with Gasteiger partial charge in [0.25, 0.3) is 0 Å². The lowest BCUT2D eigenvalue weighted by Crippen LogP contribution is -2.47. The second-order valence-corrected chi connectivity index (χ2v) is 6.38. The molecule has 2 aromatic rings. The van der Waals surface area contributed by atoms with Crippen LogP contribution in [0.15, 0.2) is 36.4 Å². The van der Waals surface area contributed by atoms with Crippen molar-refractivity contribution in [2.24, 2.45) is 0 Å². The summed E-state index contributed by atoms with van der Waals surface area (Å²) in [7, 11) is 0. The minimum atomic E-state index is -0.433. The van der Waals surface area contributed by atoms with Gasteiger partial charge in [0, 0.05) is 31.9 Å². The highest BCUT2D eigenvalue weighted by Gasteiger charge is 2.23. The third-order valence-electron chi connectivity index (χ3n) is 4.88. The Hall–Kier alpha value is -2.36. The molecule has 4 heteroatoms. The van der Waals surface area contributed by atoms with Crippen molar-refractivity contribution in [2.45, 2.75) is 20.8 Å². The molecule has 0 aromatic heterocycles. The SMILES string of the molecule is CC(=O)c1c(F)cccc1N1CCN(c2cccc(C)c2C)CC1. The van der Waals surface area contributed by atoms with E-state index in [0.29, 0.717) is 5.69 Å². The number of carbonyl (C=O) groups is 1. The van der Waals surface area contributed by atoms with Gasteiger partial charge in [0.15, 0.2) is 5.78 Å². The summed E-state index contributed by atoms with van der Waals surface area (Å²) in [5.41, 5.74) is 4.78. The summed E-state index contributed by atoms with van der Waals surface area (Å²) >= 11 is 0. The quantitative estimate of drug-likeness (QED) is 0.797. The van der Waals surface area contributed by atoms with Crippen LogP contribution in [0.5, 0.6) is 0 Å². The largest absolute Gasteiger partial charge is 0.368 e. The first-order valence-electron chi connectivity index (χ1n) is 8.34. The number of nitrogens with zero attached hydrogens (tertiary/aromatic N) is 2. The Bertz CT molecular complexity index is 764. The van der Waals surface area contributed by atoms with Gasteiger partial charge in [0.05, 0.1) is 11.3 Å². The fourth-order valence-corrected chi connectivity index (χ4v) is 3.39. The van der Waals surface area contributed by atoms with Crippen molar-refractivity contribution in [3.63, 3.8) is 0 Å². The van der Waals surface area contributed by atoms with Crippen molar-refractivity contribution < 1.29 is 9.18 Å². The molecule has 0 atom stereocenters. The molecule has 0 N–H and O–H groups in total. The van der Waals surface area contributed by atoms with Gasteiger partial charge in [-0.15, -0.1) is 0 Å². The van der Waals surface area contributed by atoms with E-state index in [1.807, 2.05) is 6.07 Å². The van der Waals surface area contributed by atoms with E-state index in [0.717, 1.165) is 26.2 Å². The maximum absolute atomic E-state index is 14.0. The molecule has 0 bridgehead atoms. The van der Waals surface area contributed by atoms with Crippen LogP contribution in [0.2, 0.25) is 0 Å². The molecule has 0 spiro atoms. The molecule has 1 aliphatic rings. The van der Waals surface area contributed by atoms with E-state index in [9.17, 15) is 9.18 Å². The standard InChI is InChI=1S/C20H23FN2O/c1-14-6-4-8-18(15(14)2)22-10-12-23(13-11-22)19-9-5-7-17(21)20(19)16(3)24/h4-9H,10-13H2,1-3H3. The van der Waals surface area contributed by atoms with Crippen LogP contribution < -0.4 is 9.80 Å². The Morgan fingerprint density at radius 2 is 1.46 bits per heavy atom. The molecule has 1 fully saturated rings. The second kappa shape index (κ2) is 6.63. The molecule has 126 valence electrons. The van der Waals surface area contributed by atoms with Crippen LogP contribution in [0.4, 0.5) is 15.8 Å². The fraction of sp³-hybridized carbons (Fsp3) is 0.350. The van der Waals surface area contributed by atoms with Gasteiger partial charge in [0.2, 0.25) is 0 Å². The molecule has 0 radical (unpaired) electrons. The summed E-state index contributed by atoms with van der Waals surface area (Å²) in [6.07, 6.45) is 0. The van der Waals surface area contributed by atoms with Gasteiger partial charge in [0.1, 0.15) is 5.82 Å². The molecule has 1 heterocycles. The summed E-state index contributed by atoms with van der Waals surface area (Å²) in [6, 6.07) is 11.2. The van der Waals surface area contributed by atoms with Crippen molar-refractivity contribution in [2.75, 3.05) is 36.0 Å². The predicted molar refractivity (Wildman–Crippen MR) is 96.7 cm³/mol. The monoisotopic (exact) mass is 326 g/mol. The zero-order chi connectivity index (χ0) is 17.3. The van der Waals surface area contributed by atoms with Crippen LogP contribution in [0, 0.1) is 19.7 Å². The Labute approximate surface area is 142 Å². The number of rotatable bonds is 3. The Balaban J connectivity index is 1.80. The lowest BCUT2D eigenvalue weighted by molar-refractivity contribution is 0.101. The van der Waals surface area contributed by atoms with E-state index in [1.165, 1.54) is 29.8 Å². The Morgan fingerprint density at radius 1 is 0.917 bits per heavy atom. The average Bonchev–Trinajstić information content (AvgIpc) is 2.57. The lowest BCUT2D eigenvalue weighted by Gasteiger charge is -2.38. The van der Waals surface area contributed by atoms with Crippen LogP contribution in [0.25, 0.3) is 0 Å². The zero-order valence-electron chi connectivity index (χ0n) is 14.5. The number of benzene rings is 2. The fourth-order valence-electron chi connectivity index (χ4n) is 3.39. The number of piperazine rings is 1. The Morgan fingerprint density at radius 3 is 2.08 bits per heavy atom. The molecule has 0 amide bonds. The lowest BCUT2D eigenvalue weighted by atomic mass is 10.1. The minimum Gasteiger partial charge on any atom is -0.368 e. The number of Topliss-reactive ketones (excluding diaryl/α,β-unsaturated/α-hetero) is 1. The minimum absolute atomic E-state index is 0.206. The molecular formula is C20H23FN2O. The number of carbonyl (C=O) groups excluding carboxylic acids is 1. The highest BCUT2D eigenvalue weighted by Crippen LogP contribution is 2.28. The first-order chi connectivity index (χ1) is 11.5. The van der Waals surface area contributed by atoms with Gasteiger partial charge < -0.3 is 9.80 Å².